The highest BCUT2D eigenvalue weighted by Gasteiger charge is 2.48. The van der Waals surface area contributed by atoms with Crippen molar-refractivity contribution in [1.29, 1.82) is 0 Å². The molecule has 0 spiro atoms. The lowest BCUT2D eigenvalue weighted by molar-refractivity contribution is -0.0472. The summed E-state index contributed by atoms with van der Waals surface area (Å²) in [5, 5.41) is 10.3. The van der Waals surface area contributed by atoms with Crippen molar-refractivity contribution in [3.8, 4) is 17.2 Å². The molecule has 0 aliphatic carbocycles. The van der Waals surface area contributed by atoms with Gasteiger partial charge in [-0.3, -0.25) is 0 Å². The molecule has 0 bridgehead atoms. The highest BCUT2D eigenvalue weighted by atomic mass is 16.7. The molecule has 0 saturated carbocycles. The third-order valence-corrected chi connectivity index (χ3v) is 6.80. The van der Waals surface area contributed by atoms with Crippen molar-refractivity contribution in [1.82, 2.24) is 0 Å². The minimum absolute atomic E-state index is 0.112. The van der Waals surface area contributed by atoms with Crippen LogP contribution in [0.1, 0.15) is 38.2 Å². The molecule has 0 atom stereocenters. The normalized spacial score (nSPS) is 13.1. The molecule has 5 nitrogen and oxygen atoms in total. The first-order valence-electron chi connectivity index (χ1n) is 12.8. The smallest absolute Gasteiger partial charge is 0.336 e. The molecule has 5 heteroatoms. The van der Waals surface area contributed by atoms with Gasteiger partial charge in [-0.2, -0.15) is 0 Å². The van der Waals surface area contributed by atoms with Gasteiger partial charge in [0.25, 0.3) is 0 Å². The van der Waals surface area contributed by atoms with Crippen LogP contribution < -0.4 is 14.2 Å². The number of hydrogen-bond donors (Lipinski definition) is 1. The van der Waals surface area contributed by atoms with Crippen molar-refractivity contribution in [3.05, 3.63) is 161 Å². The summed E-state index contributed by atoms with van der Waals surface area (Å²) in [4.78, 5) is 12.6. The number of hydrogen-bond acceptors (Lipinski definition) is 4. The van der Waals surface area contributed by atoms with E-state index in [2.05, 4.69) is 0 Å². The topological polar surface area (TPSA) is 65.0 Å². The van der Waals surface area contributed by atoms with E-state index in [9.17, 15) is 9.90 Å². The number of ether oxygens (including phenoxy) is 3. The first-order valence-corrected chi connectivity index (χ1v) is 12.8. The molecule has 39 heavy (non-hydrogen) atoms. The number of carbonyl (C=O) groups is 1. The van der Waals surface area contributed by atoms with Gasteiger partial charge in [-0.1, -0.05) is 121 Å². The van der Waals surface area contributed by atoms with Crippen LogP contribution in [0.4, 0.5) is 0 Å². The van der Waals surface area contributed by atoms with E-state index in [0.717, 1.165) is 22.3 Å². The van der Waals surface area contributed by atoms with Crippen LogP contribution in [0.15, 0.2) is 127 Å². The number of carboxylic acid groups (broad SMARTS) is 1. The Morgan fingerprint density at radius 1 is 0.667 bits per heavy atom. The van der Waals surface area contributed by atoms with Gasteiger partial charge in [-0.15, -0.1) is 0 Å². The number of aromatic carboxylic acids is 1. The Kier molecular flexibility index (Phi) is 6.47. The summed E-state index contributed by atoms with van der Waals surface area (Å²) in [6.07, 6.45) is 0.354. The van der Waals surface area contributed by atoms with Crippen molar-refractivity contribution in [2.75, 3.05) is 0 Å². The minimum Gasteiger partial charge on any atom is -0.485 e. The highest BCUT2D eigenvalue weighted by molar-refractivity contribution is 5.92. The SMILES string of the molecule is O=C(O)c1cc(OCc2ccccc2)c2c(c1Cc1ccccc1)OC(c1ccccc1)(c1ccccc1)O2. The summed E-state index contributed by atoms with van der Waals surface area (Å²) in [6.45, 7) is 0.247. The quantitative estimate of drug-likeness (QED) is 0.237. The molecular formula is C34H26O5. The van der Waals surface area contributed by atoms with Gasteiger partial charge < -0.3 is 19.3 Å². The van der Waals surface area contributed by atoms with Crippen molar-refractivity contribution < 1.29 is 24.1 Å². The van der Waals surface area contributed by atoms with Gasteiger partial charge in [-0.25, -0.2) is 4.79 Å². The molecule has 1 N–H and O–H groups in total. The zero-order chi connectivity index (χ0) is 26.7. The fraction of sp³-hybridized carbons (Fsp3) is 0.0882. The Balaban J connectivity index is 1.53. The van der Waals surface area contributed by atoms with E-state index in [1.807, 2.05) is 121 Å². The molecule has 0 aromatic heterocycles. The largest absolute Gasteiger partial charge is 0.485 e. The molecule has 0 amide bonds. The number of carboxylic acids is 1. The Hall–Kier alpha value is -5.03. The van der Waals surface area contributed by atoms with Crippen molar-refractivity contribution >= 4 is 5.97 Å². The lowest BCUT2D eigenvalue weighted by Gasteiger charge is -2.28. The molecule has 5 aromatic carbocycles. The van der Waals surface area contributed by atoms with E-state index in [1.54, 1.807) is 6.07 Å². The molecule has 0 fully saturated rings. The van der Waals surface area contributed by atoms with E-state index in [-0.39, 0.29) is 12.2 Å². The Morgan fingerprint density at radius 3 is 1.69 bits per heavy atom. The third-order valence-electron chi connectivity index (χ3n) is 6.80. The average Bonchev–Trinajstić information content (AvgIpc) is 3.41. The maximum absolute atomic E-state index is 12.6. The Labute approximate surface area is 226 Å². The van der Waals surface area contributed by atoms with Crippen LogP contribution >= 0.6 is 0 Å². The third kappa shape index (κ3) is 4.71. The predicted octanol–water partition coefficient (Wildman–Crippen LogP) is 7.23. The van der Waals surface area contributed by atoms with E-state index < -0.39 is 11.8 Å². The maximum atomic E-state index is 12.6. The highest BCUT2D eigenvalue weighted by Crippen LogP contribution is 2.55. The molecule has 6 rings (SSSR count). The van der Waals surface area contributed by atoms with Crippen molar-refractivity contribution in [2.45, 2.75) is 18.8 Å². The fourth-order valence-corrected chi connectivity index (χ4v) is 4.89. The molecule has 192 valence electrons. The summed E-state index contributed by atoms with van der Waals surface area (Å²) in [6, 6.07) is 40.4. The first kappa shape index (κ1) is 24.3. The van der Waals surface area contributed by atoms with Crippen LogP contribution in [0.5, 0.6) is 17.2 Å². The fourth-order valence-electron chi connectivity index (χ4n) is 4.89. The van der Waals surface area contributed by atoms with Crippen LogP contribution in [0.3, 0.4) is 0 Å². The molecule has 0 unspecified atom stereocenters. The second-order valence-electron chi connectivity index (χ2n) is 9.35. The molecular weight excluding hydrogens is 488 g/mol. The summed E-state index contributed by atoms with van der Waals surface area (Å²) in [7, 11) is 0. The zero-order valence-electron chi connectivity index (χ0n) is 21.1. The summed E-state index contributed by atoms with van der Waals surface area (Å²) < 4.78 is 19.8. The maximum Gasteiger partial charge on any atom is 0.336 e. The predicted molar refractivity (Wildman–Crippen MR) is 148 cm³/mol. The minimum atomic E-state index is -1.32. The summed E-state index contributed by atoms with van der Waals surface area (Å²) in [5.41, 5.74) is 4.12. The van der Waals surface area contributed by atoms with Gasteiger partial charge in [0.05, 0.1) is 5.56 Å². The standard InChI is InChI=1S/C34H26O5/c35-33(36)29-22-30(37-23-25-15-7-2-8-16-25)32-31(28(29)21-24-13-5-1-6-14-24)38-34(39-32,26-17-9-3-10-18-26)27-19-11-4-12-20-27/h1-20,22H,21,23H2,(H,35,36). The molecule has 1 aliphatic rings. The molecule has 1 aliphatic heterocycles. The Bertz CT molecular complexity index is 1540. The molecule has 1 heterocycles. The molecule has 0 saturated heterocycles. The van der Waals surface area contributed by atoms with Gasteiger partial charge in [-0.05, 0) is 17.2 Å². The van der Waals surface area contributed by atoms with Crippen molar-refractivity contribution in [2.24, 2.45) is 0 Å². The van der Waals surface area contributed by atoms with Gasteiger partial charge in [0.1, 0.15) is 6.61 Å². The average molecular weight is 515 g/mol. The van der Waals surface area contributed by atoms with Crippen LogP contribution in [0, 0.1) is 0 Å². The lowest BCUT2D eigenvalue weighted by atomic mass is 9.97. The molecule has 5 aromatic rings. The van der Waals surface area contributed by atoms with E-state index in [4.69, 9.17) is 14.2 Å². The summed E-state index contributed by atoms with van der Waals surface area (Å²) >= 11 is 0. The van der Waals surface area contributed by atoms with E-state index >= 15 is 0 Å². The number of fused-ring (bicyclic) bond motifs is 1. The van der Waals surface area contributed by atoms with E-state index in [0.29, 0.717) is 29.2 Å². The van der Waals surface area contributed by atoms with Gasteiger partial charge in [0.15, 0.2) is 11.5 Å². The monoisotopic (exact) mass is 514 g/mol. The van der Waals surface area contributed by atoms with Gasteiger partial charge in [0.2, 0.25) is 5.75 Å². The van der Waals surface area contributed by atoms with Gasteiger partial charge in [0, 0.05) is 23.1 Å². The van der Waals surface area contributed by atoms with Crippen LogP contribution in [0.2, 0.25) is 0 Å². The number of benzene rings is 5. The van der Waals surface area contributed by atoms with E-state index in [1.165, 1.54) is 0 Å². The van der Waals surface area contributed by atoms with Crippen LogP contribution in [-0.4, -0.2) is 11.1 Å². The lowest BCUT2D eigenvalue weighted by Crippen LogP contribution is -2.36. The van der Waals surface area contributed by atoms with Crippen LogP contribution in [-0.2, 0) is 18.8 Å². The van der Waals surface area contributed by atoms with Crippen molar-refractivity contribution in [3.63, 3.8) is 0 Å². The second kappa shape index (κ2) is 10.4. The zero-order valence-corrected chi connectivity index (χ0v) is 21.1. The summed E-state index contributed by atoms with van der Waals surface area (Å²) in [5.74, 6) is -1.31. The van der Waals surface area contributed by atoms with Crippen LogP contribution in [0.25, 0.3) is 0 Å². The Morgan fingerprint density at radius 2 is 1.15 bits per heavy atom. The second-order valence-corrected chi connectivity index (χ2v) is 9.35. The number of rotatable bonds is 8. The molecule has 0 radical (unpaired) electrons. The van der Waals surface area contributed by atoms with Gasteiger partial charge >= 0.3 is 11.8 Å². The first-order chi connectivity index (χ1) is 19.1.